The van der Waals surface area contributed by atoms with Crippen molar-refractivity contribution in [3.05, 3.63) is 72.4 Å². The standard InChI is InChI=1S/C37H58O6Si/c1-27-21-22-40-31(24-27)19-20-34(39-7)35-17-11-16-33(43-44(8,9)37(4,5)6)26-29(3)23-28(2)25-32-15-10-13-30(41-32)14-12-18-36(38)42-35/h10-13,16,18-21,28,30-35H,3,14-15,17,22-26H2,1-2,4-9H3/b16-11-,18-12-,20-19?. The van der Waals surface area contributed by atoms with Crippen LogP contribution in [0, 0.1) is 5.92 Å². The molecule has 7 heteroatoms. The fourth-order valence-electron chi connectivity index (χ4n) is 5.70. The molecule has 0 amide bonds. The Hall–Kier alpha value is -2.03. The molecule has 0 saturated heterocycles. The van der Waals surface area contributed by atoms with Gasteiger partial charge in [-0.1, -0.05) is 94.0 Å². The van der Waals surface area contributed by atoms with E-state index in [0.29, 0.717) is 25.4 Å². The smallest absolute Gasteiger partial charge is 0.330 e. The normalized spacial score (nSPS) is 32.3. The lowest BCUT2D eigenvalue weighted by molar-refractivity contribution is -0.148. The second-order valence-corrected chi connectivity index (χ2v) is 19.1. The third kappa shape index (κ3) is 12.0. The van der Waals surface area contributed by atoms with Crippen LogP contribution < -0.4 is 0 Å². The van der Waals surface area contributed by atoms with Crippen molar-refractivity contribution >= 4 is 14.3 Å². The molecular formula is C37H58O6Si. The second-order valence-electron chi connectivity index (χ2n) is 14.4. The van der Waals surface area contributed by atoms with Crippen LogP contribution in [0.4, 0.5) is 0 Å². The number of ether oxygens (including phenoxy) is 4. The number of carbonyl (C=O) groups excluding carboxylic acids is 1. The highest BCUT2D eigenvalue weighted by molar-refractivity contribution is 6.74. The van der Waals surface area contributed by atoms with Gasteiger partial charge in [-0.15, -0.1) is 0 Å². The Morgan fingerprint density at radius 3 is 2.52 bits per heavy atom. The Kier molecular flexibility index (Phi) is 14.1. The maximum atomic E-state index is 13.0. The lowest BCUT2D eigenvalue weighted by atomic mass is 9.91. The zero-order valence-corrected chi connectivity index (χ0v) is 29.6. The summed E-state index contributed by atoms with van der Waals surface area (Å²) in [6.45, 7) is 20.8. The first-order chi connectivity index (χ1) is 20.8. The SMILES string of the molecule is C=C1CC(C)CC2CC=CC(C/C=C\C(=O)OC(C(C=CC3CC(C)=CCO3)OC)C/C=C\C(O[Si](C)(C)C(C)(C)C)C1)O2. The van der Waals surface area contributed by atoms with E-state index >= 15 is 0 Å². The number of hydrogen-bond acceptors (Lipinski definition) is 6. The minimum Gasteiger partial charge on any atom is -0.456 e. The van der Waals surface area contributed by atoms with Crippen LogP contribution in [0.2, 0.25) is 18.1 Å². The number of cyclic esters (lactones) is 1. The van der Waals surface area contributed by atoms with E-state index in [1.165, 1.54) is 17.2 Å². The van der Waals surface area contributed by atoms with Crippen LogP contribution in [0.5, 0.6) is 0 Å². The van der Waals surface area contributed by atoms with Crippen LogP contribution in [0.1, 0.15) is 79.6 Å². The first kappa shape index (κ1) is 36.4. The Balaban J connectivity index is 1.87. The Morgan fingerprint density at radius 2 is 1.82 bits per heavy atom. The van der Waals surface area contributed by atoms with Crippen LogP contribution in [-0.2, 0) is 28.2 Å². The summed E-state index contributed by atoms with van der Waals surface area (Å²) >= 11 is 0. The summed E-state index contributed by atoms with van der Waals surface area (Å²) in [6, 6.07) is 0. The van der Waals surface area contributed by atoms with Crippen LogP contribution in [-0.4, -0.2) is 64.6 Å². The van der Waals surface area contributed by atoms with E-state index in [9.17, 15) is 4.79 Å². The molecule has 0 radical (unpaired) electrons. The van der Waals surface area contributed by atoms with Crippen molar-refractivity contribution in [2.24, 2.45) is 5.92 Å². The summed E-state index contributed by atoms with van der Waals surface area (Å²) in [6.07, 6.45) is 22.6. The van der Waals surface area contributed by atoms with Crippen molar-refractivity contribution in [1.82, 2.24) is 0 Å². The zero-order chi connectivity index (χ0) is 32.3. The first-order valence-electron chi connectivity index (χ1n) is 16.4. The molecule has 0 aliphatic carbocycles. The van der Waals surface area contributed by atoms with Gasteiger partial charge >= 0.3 is 5.97 Å². The van der Waals surface area contributed by atoms with E-state index in [2.05, 4.69) is 84.7 Å². The quantitative estimate of drug-likeness (QED) is 0.167. The average molecular weight is 627 g/mol. The molecule has 7 atom stereocenters. The largest absolute Gasteiger partial charge is 0.456 e. The number of rotatable bonds is 6. The molecule has 3 heterocycles. The third-order valence-electron chi connectivity index (χ3n) is 9.19. The molecule has 0 fully saturated rings. The minimum absolute atomic E-state index is 0.0221. The number of fused-ring (bicyclic) bond motifs is 2. The van der Waals surface area contributed by atoms with Crippen LogP contribution in [0.3, 0.4) is 0 Å². The summed E-state index contributed by atoms with van der Waals surface area (Å²) in [5.74, 6) is 0.0627. The molecule has 0 aromatic carbocycles. The second kappa shape index (κ2) is 17.0. The van der Waals surface area contributed by atoms with Gasteiger partial charge in [-0.25, -0.2) is 4.79 Å². The summed E-state index contributed by atoms with van der Waals surface area (Å²) in [7, 11) is -0.403. The zero-order valence-electron chi connectivity index (χ0n) is 28.6. The van der Waals surface area contributed by atoms with E-state index in [1.54, 1.807) is 7.11 Å². The van der Waals surface area contributed by atoms with Crippen LogP contribution in [0.25, 0.3) is 0 Å². The number of esters is 1. The van der Waals surface area contributed by atoms with Gasteiger partial charge in [0.1, 0.15) is 12.2 Å². The van der Waals surface area contributed by atoms with E-state index in [0.717, 1.165) is 32.1 Å². The van der Waals surface area contributed by atoms with Crippen LogP contribution in [0.15, 0.2) is 72.4 Å². The van der Waals surface area contributed by atoms with Gasteiger partial charge in [0.15, 0.2) is 8.32 Å². The van der Waals surface area contributed by atoms with E-state index in [4.69, 9.17) is 23.4 Å². The van der Waals surface area contributed by atoms with Crippen molar-refractivity contribution in [2.75, 3.05) is 13.7 Å². The molecule has 3 aliphatic rings. The first-order valence-corrected chi connectivity index (χ1v) is 19.3. The number of hydrogen-bond donors (Lipinski definition) is 0. The Bertz CT molecular complexity index is 1090. The molecule has 3 aliphatic heterocycles. The summed E-state index contributed by atoms with van der Waals surface area (Å²) in [5, 5.41) is 0.0783. The molecular weight excluding hydrogens is 568 g/mol. The van der Waals surface area contributed by atoms with Gasteiger partial charge in [0.05, 0.1) is 31.0 Å². The van der Waals surface area contributed by atoms with Gasteiger partial charge in [-0.3, -0.25) is 0 Å². The van der Waals surface area contributed by atoms with Gasteiger partial charge in [0, 0.05) is 19.6 Å². The number of carbonyl (C=O) groups is 1. The molecule has 0 aromatic rings. The summed E-state index contributed by atoms with van der Waals surface area (Å²) in [5.41, 5.74) is 2.50. The third-order valence-corrected chi connectivity index (χ3v) is 13.7. The lowest BCUT2D eigenvalue weighted by Crippen LogP contribution is -2.43. The van der Waals surface area contributed by atoms with Crippen molar-refractivity contribution in [1.29, 1.82) is 0 Å². The molecule has 0 spiro atoms. The monoisotopic (exact) mass is 626 g/mol. The molecule has 0 N–H and O–H groups in total. The fraction of sp³-hybridized carbons (Fsp3) is 0.649. The van der Waals surface area contributed by atoms with Gasteiger partial charge in [-0.2, -0.15) is 0 Å². The van der Waals surface area contributed by atoms with Gasteiger partial charge < -0.3 is 23.4 Å². The molecule has 44 heavy (non-hydrogen) atoms. The van der Waals surface area contributed by atoms with Crippen LogP contribution >= 0.6 is 0 Å². The van der Waals surface area contributed by atoms with Gasteiger partial charge in [0.2, 0.25) is 0 Å². The maximum Gasteiger partial charge on any atom is 0.330 e. The minimum atomic E-state index is -2.05. The molecule has 7 unspecified atom stereocenters. The lowest BCUT2D eigenvalue weighted by Gasteiger charge is -2.39. The topological polar surface area (TPSA) is 63.2 Å². The Labute approximate surface area is 268 Å². The predicted molar refractivity (Wildman–Crippen MR) is 182 cm³/mol. The fourth-order valence-corrected chi connectivity index (χ4v) is 6.97. The maximum absolute atomic E-state index is 13.0. The molecule has 6 nitrogen and oxygen atoms in total. The number of methoxy groups -OCH3 is 1. The highest BCUT2D eigenvalue weighted by atomic mass is 28.4. The summed E-state index contributed by atoms with van der Waals surface area (Å²) in [4.78, 5) is 13.0. The van der Waals surface area contributed by atoms with Crippen molar-refractivity contribution < 1.29 is 28.2 Å². The Morgan fingerprint density at radius 1 is 1.07 bits per heavy atom. The predicted octanol–water partition coefficient (Wildman–Crippen LogP) is 8.58. The van der Waals surface area contributed by atoms with Gasteiger partial charge in [0.25, 0.3) is 0 Å². The van der Waals surface area contributed by atoms with E-state index in [1.807, 2.05) is 18.2 Å². The van der Waals surface area contributed by atoms with Gasteiger partial charge in [-0.05, 0) is 69.5 Å². The van der Waals surface area contributed by atoms with Crippen molar-refractivity contribution in [3.63, 3.8) is 0 Å². The van der Waals surface area contributed by atoms with Crippen molar-refractivity contribution in [3.8, 4) is 0 Å². The average Bonchev–Trinajstić information content (AvgIpc) is 2.92. The highest BCUT2D eigenvalue weighted by Gasteiger charge is 2.39. The molecule has 0 saturated carbocycles. The highest BCUT2D eigenvalue weighted by Crippen LogP contribution is 2.38. The van der Waals surface area contributed by atoms with E-state index in [-0.39, 0.29) is 35.4 Å². The molecule has 3 rings (SSSR count). The molecule has 2 bridgehead atoms. The van der Waals surface area contributed by atoms with E-state index < -0.39 is 20.5 Å². The summed E-state index contributed by atoms with van der Waals surface area (Å²) < 4.78 is 31.1. The van der Waals surface area contributed by atoms with Crippen molar-refractivity contribution in [2.45, 2.75) is 134 Å². The molecule has 246 valence electrons. The molecule has 0 aromatic heterocycles.